The maximum atomic E-state index is 9.09. The number of aromatic nitrogens is 1. The van der Waals surface area contributed by atoms with E-state index in [0.717, 1.165) is 11.4 Å². The minimum atomic E-state index is 0.0336. The van der Waals surface area contributed by atoms with Crippen molar-refractivity contribution in [1.29, 1.82) is 0 Å². The lowest BCUT2D eigenvalue weighted by atomic mass is 10.2. The number of pyridine rings is 1. The van der Waals surface area contributed by atoms with Crippen molar-refractivity contribution >= 4 is 17.2 Å². The molecule has 0 atom stereocenters. The summed E-state index contributed by atoms with van der Waals surface area (Å²) in [5.41, 5.74) is 2.54. The number of azo groups is 1. The molecule has 0 unspecified atom stereocenters. The van der Waals surface area contributed by atoms with Gasteiger partial charge in [-0.2, -0.15) is 0 Å². The number of hydrogen-bond acceptors (Lipinski definition) is 6. The summed E-state index contributed by atoms with van der Waals surface area (Å²) in [7, 11) is 1.58. The second-order valence-electron chi connectivity index (χ2n) is 5.15. The molecule has 2 N–H and O–H groups in total. The summed E-state index contributed by atoms with van der Waals surface area (Å²) in [6.07, 6.45) is 0. The van der Waals surface area contributed by atoms with Crippen molar-refractivity contribution in [1.82, 2.24) is 0 Å². The van der Waals surface area contributed by atoms with E-state index in [1.54, 1.807) is 11.8 Å². The van der Waals surface area contributed by atoms with Crippen LogP contribution in [-0.2, 0) is 0 Å². The molecule has 128 valence electrons. The highest BCUT2D eigenvalue weighted by atomic mass is 16.6. The Balaban J connectivity index is 2.15. The Morgan fingerprint density at radius 2 is 1.67 bits per heavy atom. The van der Waals surface area contributed by atoms with Crippen LogP contribution < -0.4 is 14.5 Å². The van der Waals surface area contributed by atoms with E-state index in [1.807, 2.05) is 54.3 Å². The largest absolute Gasteiger partial charge is 0.395 e. The molecule has 0 amide bonds. The lowest BCUT2D eigenvalue weighted by Crippen LogP contribution is -2.43. The van der Waals surface area contributed by atoms with Gasteiger partial charge in [-0.25, -0.2) is 0 Å². The van der Waals surface area contributed by atoms with Crippen LogP contribution in [0.15, 0.2) is 52.7 Å². The van der Waals surface area contributed by atoms with E-state index < -0.39 is 0 Å². The van der Waals surface area contributed by atoms with Gasteiger partial charge in [-0.05, 0) is 46.2 Å². The van der Waals surface area contributed by atoms with Crippen molar-refractivity contribution in [3.05, 3.63) is 48.2 Å². The van der Waals surface area contributed by atoms with Gasteiger partial charge in [0.15, 0.2) is 0 Å². The predicted octanol–water partition coefficient (Wildman–Crippen LogP) is 1.55. The average molecular weight is 331 g/mol. The normalized spacial score (nSPS) is 11.0. The fourth-order valence-electron chi connectivity index (χ4n) is 2.35. The minimum absolute atomic E-state index is 0.0336. The summed E-state index contributed by atoms with van der Waals surface area (Å²) in [4.78, 5) is 7.18. The molecule has 0 saturated heterocycles. The number of aliphatic hydroxyl groups is 2. The molecular weight excluding hydrogens is 308 g/mol. The molecule has 0 fully saturated rings. The van der Waals surface area contributed by atoms with Crippen molar-refractivity contribution in [3.63, 3.8) is 0 Å². The number of aryl methyl sites for hydroxylation is 1. The molecule has 0 bridgehead atoms. The standard InChI is InChI=1S/C17H23N4O3/c1-14-4-3-5-17(21(14)24-2)19-18-15-6-8-16(9-7-15)20(10-12-22)11-13-23/h3-9,22-23H,10-13H2,1-2H3/q+1. The van der Waals surface area contributed by atoms with Crippen LogP contribution in [0.4, 0.5) is 17.2 Å². The van der Waals surface area contributed by atoms with Crippen molar-refractivity contribution < 1.29 is 19.8 Å². The third-order valence-electron chi connectivity index (χ3n) is 3.52. The van der Waals surface area contributed by atoms with Crippen molar-refractivity contribution in [2.75, 3.05) is 38.3 Å². The molecule has 0 aliphatic carbocycles. The quantitative estimate of drug-likeness (QED) is 0.568. The fraction of sp³-hybridized carbons (Fsp3) is 0.353. The molecule has 7 heteroatoms. The summed E-state index contributed by atoms with van der Waals surface area (Å²) in [6, 6.07) is 13.1. The Morgan fingerprint density at radius 3 is 2.25 bits per heavy atom. The fourth-order valence-corrected chi connectivity index (χ4v) is 2.35. The van der Waals surface area contributed by atoms with Gasteiger partial charge in [-0.15, -0.1) is 0 Å². The minimum Gasteiger partial charge on any atom is -0.395 e. The highest BCUT2D eigenvalue weighted by Gasteiger charge is 2.13. The number of rotatable bonds is 8. The summed E-state index contributed by atoms with van der Waals surface area (Å²) in [6.45, 7) is 2.93. The van der Waals surface area contributed by atoms with Crippen molar-refractivity contribution in [2.24, 2.45) is 10.2 Å². The van der Waals surface area contributed by atoms with E-state index in [-0.39, 0.29) is 13.2 Å². The summed E-state index contributed by atoms with van der Waals surface area (Å²) >= 11 is 0. The molecule has 1 heterocycles. The topological polar surface area (TPSA) is 81.5 Å². The molecule has 2 rings (SSSR count). The van der Waals surface area contributed by atoms with Crippen LogP contribution in [0.3, 0.4) is 0 Å². The molecule has 0 spiro atoms. The second kappa shape index (κ2) is 8.95. The maximum absolute atomic E-state index is 9.09. The van der Waals surface area contributed by atoms with Gasteiger partial charge < -0.3 is 20.0 Å². The van der Waals surface area contributed by atoms with Gasteiger partial charge in [0.2, 0.25) is 0 Å². The smallest absolute Gasteiger partial charge is 0.389 e. The summed E-state index contributed by atoms with van der Waals surface area (Å²) in [5.74, 6) is 0.601. The Kier molecular flexibility index (Phi) is 6.65. The summed E-state index contributed by atoms with van der Waals surface area (Å²) in [5, 5.41) is 26.6. The van der Waals surface area contributed by atoms with E-state index in [2.05, 4.69) is 10.2 Å². The molecule has 0 aliphatic heterocycles. The van der Waals surface area contributed by atoms with Crippen LogP contribution in [0.2, 0.25) is 0 Å². The third-order valence-corrected chi connectivity index (χ3v) is 3.52. The maximum Gasteiger partial charge on any atom is 0.389 e. The molecule has 1 aromatic heterocycles. The molecule has 24 heavy (non-hydrogen) atoms. The predicted molar refractivity (Wildman–Crippen MR) is 90.9 cm³/mol. The van der Waals surface area contributed by atoms with Crippen LogP contribution in [0, 0.1) is 6.92 Å². The average Bonchev–Trinajstić information content (AvgIpc) is 2.60. The Hall–Kier alpha value is -2.51. The van der Waals surface area contributed by atoms with E-state index in [4.69, 9.17) is 15.1 Å². The summed E-state index contributed by atoms with van der Waals surface area (Å²) < 4.78 is 1.60. The zero-order valence-corrected chi connectivity index (χ0v) is 14.0. The number of nitrogens with zero attached hydrogens (tertiary/aromatic N) is 4. The van der Waals surface area contributed by atoms with Gasteiger partial charge in [-0.3, -0.25) is 0 Å². The SMILES string of the molecule is CO[n+]1c(C)cccc1N=Nc1ccc(N(CCO)CCO)cc1. The number of benzene rings is 1. The zero-order chi connectivity index (χ0) is 17.4. The van der Waals surface area contributed by atoms with Gasteiger partial charge in [0, 0.05) is 31.8 Å². The number of anilines is 1. The lowest BCUT2D eigenvalue weighted by Gasteiger charge is -2.22. The molecule has 0 saturated carbocycles. The van der Waals surface area contributed by atoms with Crippen LogP contribution in [-0.4, -0.2) is 43.6 Å². The van der Waals surface area contributed by atoms with Crippen molar-refractivity contribution in [2.45, 2.75) is 6.92 Å². The van der Waals surface area contributed by atoms with Crippen molar-refractivity contribution in [3.8, 4) is 0 Å². The zero-order valence-electron chi connectivity index (χ0n) is 14.0. The Morgan fingerprint density at radius 1 is 1.00 bits per heavy atom. The Labute approximate surface area is 141 Å². The molecule has 1 aromatic carbocycles. The van der Waals surface area contributed by atoms with Gasteiger partial charge in [-0.1, -0.05) is 0 Å². The van der Waals surface area contributed by atoms with Crippen LogP contribution in [0.25, 0.3) is 0 Å². The molecule has 7 nitrogen and oxygen atoms in total. The first-order valence-electron chi connectivity index (χ1n) is 7.74. The van der Waals surface area contributed by atoms with E-state index in [1.165, 1.54) is 0 Å². The molecule has 2 aromatic rings. The first-order valence-corrected chi connectivity index (χ1v) is 7.74. The van der Waals surface area contributed by atoms with Gasteiger partial charge >= 0.3 is 5.82 Å². The first-order chi connectivity index (χ1) is 11.7. The Bertz CT molecular complexity index is 668. The van der Waals surface area contributed by atoms with Gasteiger partial charge in [0.25, 0.3) is 0 Å². The monoisotopic (exact) mass is 331 g/mol. The van der Waals surface area contributed by atoms with Gasteiger partial charge in [0.1, 0.15) is 18.5 Å². The van der Waals surface area contributed by atoms with Crippen LogP contribution in [0.5, 0.6) is 0 Å². The first kappa shape index (κ1) is 17.8. The molecular formula is C17H23N4O3+. The molecule has 0 aliphatic rings. The van der Waals surface area contributed by atoms with E-state index in [9.17, 15) is 0 Å². The van der Waals surface area contributed by atoms with Crippen LogP contribution in [0.1, 0.15) is 5.69 Å². The lowest BCUT2D eigenvalue weighted by molar-refractivity contribution is -0.879. The van der Waals surface area contributed by atoms with E-state index >= 15 is 0 Å². The second-order valence-corrected chi connectivity index (χ2v) is 5.15. The van der Waals surface area contributed by atoms with Crippen LogP contribution >= 0.6 is 0 Å². The third kappa shape index (κ3) is 4.50. The highest BCUT2D eigenvalue weighted by Crippen LogP contribution is 2.21. The highest BCUT2D eigenvalue weighted by molar-refractivity contribution is 5.52. The number of hydrogen-bond donors (Lipinski definition) is 2. The number of aliphatic hydroxyl groups excluding tert-OH is 2. The molecule has 0 radical (unpaired) electrons. The van der Waals surface area contributed by atoms with E-state index in [0.29, 0.717) is 24.6 Å². The van der Waals surface area contributed by atoms with Gasteiger partial charge in [0.05, 0.1) is 18.3 Å².